The van der Waals surface area contributed by atoms with E-state index in [2.05, 4.69) is 36.9 Å². The molecule has 1 aliphatic rings. The van der Waals surface area contributed by atoms with Crippen molar-refractivity contribution in [3.05, 3.63) is 47.9 Å². The SMILES string of the molecule is COc1cc(CNC2CCOCC2)ccc1-c1cc(Nc2cnc(C#N)cn2)n[nH]1. The fourth-order valence-electron chi connectivity index (χ4n) is 3.34. The molecule has 154 valence electrons. The Morgan fingerprint density at radius 1 is 1.20 bits per heavy atom. The molecule has 0 bridgehead atoms. The Morgan fingerprint density at radius 2 is 2.07 bits per heavy atom. The summed E-state index contributed by atoms with van der Waals surface area (Å²) >= 11 is 0. The zero-order chi connectivity index (χ0) is 20.8. The molecule has 0 radical (unpaired) electrons. The molecule has 0 atom stereocenters. The second kappa shape index (κ2) is 9.35. The van der Waals surface area contributed by atoms with Crippen molar-refractivity contribution < 1.29 is 9.47 Å². The summed E-state index contributed by atoms with van der Waals surface area (Å²) in [6.45, 7) is 2.43. The molecule has 0 saturated carbocycles. The number of hydrogen-bond acceptors (Lipinski definition) is 8. The first-order valence-corrected chi connectivity index (χ1v) is 9.78. The van der Waals surface area contributed by atoms with Crippen LogP contribution in [0.5, 0.6) is 5.75 Å². The van der Waals surface area contributed by atoms with Crippen molar-refractivity contribution in [1.29, 1.82) is 5.26 Å². The number of H-pyrrole nitrogens is 1. The number of benzene rings is 1. The van der Waals surface area contributed by atoms with E-state index in [1.807, 2.05) is 24.3 Å². The maximum atomic E-state index is 8.81. The number of anilines is 2. The fraction of sp³-hybridized carbons (Fsp3) is 0.333. The van der Waals surface area contributed by atoms with Crippen LogP contribution in [0.25, 0.3) is 11.3 Å². The van der Waals surface area contributed by atoms with E-state index in [-0.39, 0.29) is 5.69 Å². The fourth-order valence-corrected chi connectivity index (χ4v) is 3.34. The lowest BCUT2D eigenvalue weighted by Gasteiger charge is -2.23. The van der Waals surface area contributed by atoms with Crippen molar-refractivity contribution in [2.45, 2.75) is 25.4 Å². The molecule has 1 aliphatic heterocycles. The Morgan fingerprint density at radius 3 is 2.80 bits per heavy atom. The third-order valence-electron chi connectivity index (χ3n) is 4.97. The number of nitrogens with zero attached hydrogens (tertiary/aromatic N) is 4. The molecule has 1 saturated heterocycles. The van der Waals surface area contributed by atoms with Gasteiger partial charge in [0.25, 0.3) is 0 Å². The average molecular weight is 405 g/mol. The first-order chi connectivity index (χ1) is 14.7. The summed E-state index contributed by atoms with van der Waals surface area (Å²) in [7, 11) is 1.66. The molecule has 0 amide bonds. The molecule has 0 aliphatic carbocycles. The van der Waals surface area contributed by atoms with E-state index in [0.717, 1.165) is 55.2 Å². The molecular formula is C21H23N7O2. The number of methoxy groups -OCH3 is 1. The topological polar surface area (TPSA) is 121 Å². The first-order valence-electron chi connectivity index (χ1n) is 9.78. The number of nitriles is 1. The quantitative estimate of drug-likeness (QED) is 0.549. The summed E-state index contributed by atoms with van der Waals surface area (Å²) in [5.41, 5.74) is 3.16. The molecule has 3 N–H and O–H groups in total. The van der Waals surface area contributed by atoms with Crippen LogP contribution in [0.4, 0.5) is 11.6 Å². The maximum absolute atomic E-state index is 8.81. The van der Waals surface area contributed by atoms with Crippen LogP contribution in [0.1, 0.15) is 24.1 Å². The molecule has 9 heteroatoms. The van der Waals surface area contributed by atoms with Crippen molar-refractivity contribution in [2.75, 3.05) is 25.6 Å². The smallest absolute Gasteiger partial charge is 0.158 e. The van der Waals surface area contributed by atoms with Gasteiger partial charge in [-0.2, -0.15) is 10.4 Å². The molecule has 3 heterocycles. The number of rotatable bonds is 7. The van der Waals surface area contributed by atoms with Gasteiger partial charge in [0, 0.05) is 37.4 Å². The number of aromatic amines is 1. The highest BCUT2D eigenvalue weighted by molar-refractivity contribution is 5.71. The van der Waals surface area contributed by atoms with Crippen LogP contribution in [0.3, 0.4) is 0 Å². The largest absolute Gasteiger partial charge is 0.496 e. The summed E-state index contributed by atoms with van der Waals surface area (Å²) < 4.78 is 11.0. The minimum absolute atomic E-state index is 0.263. The van der Waals surface area contributed by atoms with Gasteiger partial charge in [-0.15, -0.1) is 0 Å². The third-order valence-corrected chi connectivity index (χ3v) is 4.97. The molecule has 2 aromatic heterocycles. The van der Waals surface area contributed by atoms with Crippen molar-refractivity contribution in [3.8, 4) is 23.1 Å². The first kappa shape index (κ1) is 19.8. The van der Waals surface area contributed by atoms with Gasteiger partial charge < -0.3 is 20.1 Å². The highest BCUT2D eigenvalue weighted by atomic mass is 16.5. The zero-order valence-electron chi connectivity index (χ0n) is 16.7. The molecule has 0 spiro atoms. The van der Waals surface area contributed by atoms with Crippen LogP contribution in [-0.4, -0.2) is 46.5 Å². The van der Waals surface area contributed by atoms with Crippen LogP contribution in [0.2, 0.25) is 0 Å². The number of nitrogens with one attached hydrogen (secondary N) is 3. The molecule has 1 fully saturated rings. The normalized spacial score (nSPS) is 14.3. The van der Waals surface area contributed by atoms with E-state index < -0.39 is 0 Å². The predicted molar refractivity (Wildman–Crippen MR) is 111 cm³/mol. The highest BCUT2D eigenvalue weighted by Gasteiger charge is 2.14. The summed E-state index contributed by atoms with van der Waals surface area (Å²) in [5, 5.41) is 22.8. The molecule has 4 rings (SSSR count). The Balaban J connectivity index is 1.44. The van der Waals surface area contributed by atoms with Crippen molar-refractivity contribution in [2.24, 2.45) is 0 Å². The van der Waals surface area contributed by atoms with Crippen LogP contribution < -0.4 is 15.4 Å². The lowest BCUT2D eigenvalue weighted by Crippen LogP contribution is -2.34. The van der Waals surface area contributed by atoms with E-state index in [9.17, 15) is 0 Å². The Labute approximate surface area is 174 Å². The minimum atomic E-state index is 0.263. The van der Waals surface area contributed by atoms with Gasteiger partial charge >= 0.3 is 0 Å². The third kappa shape index (κ3) is 4.74. The Hall–Kier alpha value is -3.48. The molecule has 3 aromatic rings. The number of aromatic nitrogens is 4. The van der Waals surface area contributed by atoms with E-state index in [4.69, 9.17) is 14.7 Å². The van der Waals surface area contributed by atoms with Crippen molar-refractivity contribution in [3.63, 3.8) is 0 Å². The number of hydrogen-bond donors (Lipinski definition) is 3. The van der Waals surface area contributed by atoms with E-state index in [0.29, 0.717) is 17.7 Å². The van der Waals surface area contributed by atoms with Gasteiger partial charge in [0.1, 0.15) is 17.6 Å². The molecule has 30 heavy (non-hydrogen) atoms. The minimum Gasteiger partial charge on any atom is -0.496 e. The van der Waals surface area contributed by atoms with Gasteiger partial charge in [-0.1, -0.05) is 6.07 Å². The molecule has 1 aromatic carbocycles. The van der Waals surface area contributed by atoms with Crippen molar-refractivity contribution >= 4 is 11.6 Å². The average Bonchev–Trinajstić information content (AvgIpc) is 3.27. The molecule has 9 nitrogen and oxygen atoms in total. The van der Waals surface area contributed by atoms with Crippen LogP contribution in [0.15, 0.2) is 36.7 Å². The van der Waals surface area contributed by atoms with Crippen molar-refractivity contribution in [1.82, 2.24) is 25.5 Å². The van der Waals surface area contributed by atoms with E-state index in [1.165, 1.54) is 12.4 Å². The lowest BCUT2D eigenvalue weighted by molar-refractivity contribution is 0.0776. The van der Waals surface area contributed by atoms with Gasteiger partial charge in [0.2, 0.25) is 0 Å². The predicted octanol–water partition coefficient (Wildman–Crippen LogP) is 2.76. The zero-order valence-corrected chi connectivity index (χ0v) is 16.7. The maximum Gasteiger partial charge on any atom is 0.158 e. The lowest BCUT2D eigenvalue weighted by atomic mass is 10.1. The van der Waals surface area contributed by atoms with Gasteiger partial charge in [-0.25, -0.2) is 9.97 Å². The van der Waals surface area contributed by atoms with Gasteiger partial charge in [-0.3, -0.25) is 5.10 Å². The number of ether oxygens (including phenoxy) is 2. The summed E-state index contributed by atoms with van der Waals surface area (Å²) in [4.78, 5) is 8.13. The Bertz CT molecular complexity index is 1020. The van der Waals surface area contributed by atoms with E-state index >= 15 is 0 Å². The molecule has 0 unspecified atom stereocenters. The standard InChI is InChI=1S/C21H23N7O2/c1-29-19-8-14(11-23-15-4-6-30-7-5-15)2-3-17(19)18-9-20(28-27-18)26-21-13-24-16(10-22)12-25-21/h2-3,8-9,12-13,15,23H,4-7,11H2,1H3,(H2,25,26,27,28). The molecular weight excluding hydrogens is 382 g/mol. The summed E-state index contributed by atoms with van der Waals surface area (Å²) in [6, 6.07) is 10.5. The van der Waals surface area contributed by atoms with Gasteiger partial charge in [-0.05, 0) is 30.5 Å². The van der Waals surface area contributed by atoms with Crippen LogP contribution in [0, 0.1) is 11.3 Å². The van der Waals surface area contributed by atoms with Gasteiger partial charge in [0.15, 0.2) is 11.5 Å². The second-order valence-corrected chi connectivity index (χ2v) is 6.99. The van der Waals surface area contributed by atoms with E-state index in [1.54, 1.807) is 7.11 Å². The monoisotopic (exact) mass is 405 g/mol. The summed E-state index contributed by atoms with van der Waals surface area (Å²) in [6.07, 6.45) is 4.99. The van der Waals surface area contributed by atoms with Crippen LogP contribution >= 0.6 is 0 Å². The van der Waals surface area contributed by atoms with Crippen LogP contribution in [-0.2, 0) is 11.3 Å². The summed E-state index contributed by atoms with van der Waals surface area (Å²) in [5.74, 6) is 1.87. The second-order valence-electron chi connectivity index (χ2n) is 6.99. The Kier molecular flexibility index (Phi) is 6.17. The van der Waals surface area contributed by atoms with Gasteiger partial charge in [0.05, 0.1) is 25.2 Å². The highest BCUT2D eigenvalue weighted by Crippen LogP contribution is 2.31.